The van der Waals surface area contributed by atoms with Crippen LogP contribution in [0.15, 0.2) is 36.9 Å². The average molecular weight is 246 g/mol. The van der Waals surface area contributed by atoms with E-state index in [2.05, 4.69) is 9.97 Å². The van der Waals surface area contributed by atoms with E-state index in [9.17, 15) is 9.18 Å². The fraction of sp³-hybridized carbons (Fsp3) is 0.154. The van der Waals surface area contributed by atoms with E-state index in [1.165, 1.54) is 6.20 Å². The zero-order valence-electron chi connectivity index (χ0n) is 9.76. The van der Waals surface area contributed by atoms with Crippen LogP contribution in [0.25, 0.3) is 11.1 Å². The molecule has 2 aromatic heterocycles. The van der Waals surface area contributed by atoms with Gasteiger partial charge in [-0.1, -0.05) is 0 Å². The molecule has 0 unspecified atom stereocenters. The molecule has 0 saturated carbocycles. The molecule has 0 bridgehead atoms. The Morgan fingerprint density at radius 2 is 2.00 bits per heavy atom. The molecule has 2 aromatic rings. The van der Waals surface area contributed by atoms with Crippen LogP contribution in [-0.4, -0.2) is 22.5 Å². The number of hydrogen-bond acceptors (Lipinski definition) is 4. The summed E-state index contributed by atoms with van der Waals surface area (Å²) >= 11 is 0. The average Bonchev–Trinajstić information content (AvgIpc) is 2.39. The van der Waals surface area contributed by atoms with E-state index in [-0.39, 0.29) is 12.2 Å². The Morgan fingerprint density at radius 3 is 2.67 bits per heavy atom. The van der Waals surface area contributed by atoms with E-state index in [1.807, 2.05) is 0 Å². The molecule has 0 aliphatic rings. The van der Waals surface area contributed by atoms with Gasteiger partial charge in [0.2, 0.25) is 0 Å². The van der Waals surface area contributed by atoms with Gasteiger partial charge in [-0.3, -0.25) is 9.97 Å². The monoisotopic (exact) mass is 246 g/mol. The molecule has 4 nitrogen and oxygen atoms in total. The van der Waals surface area contributed by atoms with Gasteiger partial charge in [-0.05, 0) is 24.6 Å². The first-order valence-corrected chi connectivity index (χ1v) is 5.45. The van der Waals surface area contributed by atoms with Crippen LogP contribution >= 0.6 is 0 Å². The molecule has 92 valence electrons. The number of pyridine rings is 2. The van der Waals surface area contributed by atoms with E-state index < -0.39 is 11.8 Å². The van der Waals surface area contributed by atoms with E-state index in [4.69, 9.17) is 4.74 Å². The van der Waals surface area contributed by atoms with Crippen molar-refractivity contribution >= 4 is 5.97 Å². The molecule has 0 saturated heterocycles. The maximum Gasteiger partial charge on any atom is 0.341 e. The third-order valence-electron chi connectivity index (χ3n) is 2.37. The quantitative estimate of drug-likeness (QED) is 0.780. The van der Waals surface area contributed by atoms with E-state index >= 15 is 0 Å². The third kappa shape index (κ3) is 2.34. The Kier molecular flexibility index (Phi) is 3.62. The smallest absolute Gasteiger partial charge is 0.341 e. The Morgan fingerprint density at radius 1 is 1.28 bits per heavy atom. The standard InChI is InChI=1S/C13H11FN2O2/c1-2-18-13(17)12-10(7-16-8-11(12)14)9-3-5-15-6-4-9/h3-8H,2H2,1H3. The number of ether oxygens (including phenoxy) is 1. The summed E-state index contributed by atoms with van der Waals surface area (Å²) < 4.78 is 18.6. The topological polar surface area (TPSA) is 52.1 Å². The summed E-state index contributed by atoms with van der Waals surface area (Å²) in [5.41, 5.74) is 0.967. The molecule has 0 aromatic carbocycles. The number of carbonyl (C=O) groups is 1. The molecule has 0 aliphatic heterocycles. The number of hydrogen-bond donors (Lipinski definition) is 0. The summed E-state index contributed by atoms with van der Waals surface area (Å²) in [6.07, 6.45) is 5.56. The minimum Gasteiger partial charge on any atom is -0.462 e. The van der Waals surface area contributed by atoms with Crippen LogP contribution in [0.4, 0.5) is 4.39 Å². The predicted molar refractivity (Wildman–Crippen MR) is 63.4 cm³/mol. The summed E-state index contributed by atoms with van der Waals surface area (Å²) in [4.78, 5) is 19.4. The molecular formula is C13H11FN2O2. The lowest BCUT2D eigenvalue weighted by atomic mass is 10.0. The molecule has 0 amide bonds. The maximum absolute atomic E-state index is 13.7. The van der Waals surface area contributed by atoms with Crippen molar-refractivity contribution in [1.29, 1.82) is 0 Å². The largest absolute Gasteiger partial charge is 0.462 e. The van der Waals surface area contributed by atoms with Crippen LogP contribution in [0.2, 0.25) is 0 Å². The summed E-state index contributed by atoms with van der Waals surface area (Å²) in [6, 6.07) is 3.36. The highest BCUT2D eigenvalue weighted by molar-refractivity contribution is 5.97. The van der Waals surface area contributed by atoms with Crippen molar-refractivity contribution in [2.24, 2.45) is 0 Å². The lowest BCUT2D eigenvalue weighted by molar-refractivity contribution is 0.0522. The highest BCUT2D eigenvalue weighted by Crippen LogP contribution is 2.24. The summed E-state index contributed by atoms with van der Waals surface area (Å²) in [7, 11) is 0. The Bertz CT molecular complexity index is 558. The highest BCUT2D eigenvalue weighted by atomic mass is 19.1. The maximum atomic E-state index is 13.7. The molecule has 0 atom stereocenters. The zero-order chi connectivity index (χ0) is 13.0. The second-order valence-electron chi connectivity index (χ2n) is 3.50. The summed E-state index contributed by atoms with van der Waals surface area (Å²) in [6.45, 7) is 1.86. The van der Waals surface area contributed by atoms with Gasteiger partial charge >= 0.3 is 5.97 Å². The van der Waals surface area contributed by atoms with E-state index in [0.717, 1.165) is 6.20 Å². The molecule has 0 N–H and O–H groups in total. The Balaban J connectivity index is 2.55. The van der Waals surface area contributed by atoms with Crippen molar-refractivity contribution in [2.45, 2.75) is 6.92 Å². The minimum absolute atomic E-state index is 0.0990. The third-order valence-corrected chi connectivity index (χ3v) is 2.37. The molecule has 18 heavy (non-hydrogen) atoms. The summed E-state index contributed by atoms with van der Waals surface area (Å²) in [5.74, 6) is -1.38. The second kappa shape index (κ2) is 5.35. The minimum atomic E-state index is -0.692. The zero-order valence-corrected chi connectivity index (χ0v) is 9.76. The van der Waals surface area contributed by atoms with Gasteiger partial charge in [-0.25, -0.2) is 9.18 Å². The molecule has 2 rings (SSSR count). The van der Waals surface area contributed by atoms with E-state index in [0.29, 0.717) is 11.1 Å². The summed E-state index contributed by atoms with van der Waals surface area (Å²) in [5, 5.41) is 0. The fourth-order valence-corrected chi connectivity index (χ4v) is 1.60. The number of nitrogens with zero attached hydrogens (tertiary/aromatic N) is 2. The number of rotatable bonds is 3. The van der Waals surface area contributed by atoms with Gasteiger partial charge in [-0.15, -0.1) is 0 Å². The van der Waals surface area contributed by atoms with Crippen LogP contribution in [0, 0.1) is 5.82 Å². The fourth-order valence-electron chi connectivity index (χ4n) is 1.60. The molecule has 0 aliphatic carbocycles. The second-order valence-corrected chi connectivity index (χ2v) is 3.50. The van der Waals surface area contributed by atoms with Crippen molar-refractivity contribution in [1.82, 2.24) is 9.97 Å². The van der Waals surface area contributed by atoms with Crippen LogP contribution in [0.1, 0.15) is 17.3 Å². The number of aromatic nitrogens is 2. The van der Waals surface area contributed by atoms with Gasteiger partial charge in [0.15, 0.2) is 5.82 Å². The number of esters is 1. The van der Waals surface area contributed by atoms with Crippen LogP contribution in [0.3, 0.4) is 0 Å². The number of carbonyl (C=O) groups excluding carboxylic acids is 1. The van der Waals surface area contributed by atoms with Gasteiger partial charge in [-0.2, -0.15) is 0 Å². The van der Waals surface area contributed by atoms with E-state index in [1.54, 1.807) is 31.5 Å². The van der Waals surface area contributed by atoms with Crippen molar-refractivity contribution in [3.05, 3.63) is 48.3 Å². The van der Waals surface area contributed by atoms with Gasteiger partial charge in [0.1, 0.15) is 5.56 Å². The van der Waals surface area contributed by atoms with Gasteiger partial charge in [0.25, 0.3) is 0 Å². The lowest BCUT2D eigenvalue weighted by Gasteiger charge is -2.09. The van der Waals surface area contributed by atoms with Gasteiger partial charge < -0.3 is 4.74 Å². The van der Waals surface area contributed by atoms with Crippen LogP contribution in [-0.2, 0) is 4.74 Å². The molecule has 0 spiro atoms. The van der Waals surface area contributed by atoms with Gasteiger partial charge in [0.05, 0.1) is 12.8 Å². The normalized spacial score (nSPS) is 10.1. The van der Waals surface area contributed by atoms with Gasteiger partial charge in [0, 0.05) is 24.2 Å². The first kappa shape index (κ1) is 12.2. The molecule has 2 heterocycles. The molecular weight excluding hydrogens is 235 g/mol. The van der Waals surface area contributed by atoms with Crippen LogP contribution in [0.5, 0.6) is 0 Å². The van der Waals surface area contributed by atoms with Crippen molar-refractivity contribution in [2.75, 3.05) is 6.61 Å². The number of halogens is 1. The van der Waals surface area contributed by atoms with Crippen molar-refractivity contribution in [3.8, 4) is 11.1 Å². The first-order valence-electron chi connectivity index (χ1n) is 5.45. The Labute approximate surface area is 103 Å². The lowest BCUT2D eigenvalue weighted by Crippen LogP contribution is -2.09. The predicted octanol–water partition coefficient (Wildman–Crippen LogP) is 2.46. The SMILES string of the molecule is CCOC(=O)c1c(F)cncc1-c1ccncc1. The van der Waals surface area contributed by atoms with Crippen LogP contribution < -0.4 is 0 Å². The van der Waals surface area contributed by atoms with Crippen molar-refractivity contribution < 1.29 is 13.9 Å². The molecule has 0 fully saturated rings. The highest BCUT2D eigenvalue weighted by Gasteiger charge is 2.19. The Hall–Kier alpha value is -2.30. The molecule has 0 radical (unpaired) electrons. The van der Waals surface area contributed by atoms with Crippen molar-refractivity contribution in [3.63, 3.8) is 0 Å². The first-order chi connectivity index (χ1) is 8.74. The molecule has 5 heteroatoms.